The van der Waals surface area contributed by atoms with E-state index in [0.29, 0.717) is 16.9 Å². The van der Waals surface area contributed by atoms with E-state index in [2.05, 4.69) is 15.0 Å². The van der Waals surface area contributed by atoms with Gasteiger partial charge in [0.1, 0.15) is 35.2 Å². The van der Waals surface area contributed by atoms with Gasteiger partial charge in [-0.25, -0.2) is 15.0 Å². The van der Waals surface area contributed by atoms with Crippen molar-refractivity contribution in [2.24, 2.45) is 0 Å². The number of ether oxygens (including phenoxy) is 3. The lowest BCUT2D eigenvalue weighted by Gasteiger charge is -2.32. The molecule has 2 aromatic heterocycles. The van der Waals surface area contributed by atoms with Crippen LogP contribution in [-0.2, 0) is 34.1 Å². The molecular weight excluding hydrogens is 555 g/mol. The summed E-state index contributed by atoms with van der Waals surface area (Å²) < 4.78 is 28.1. The van der Waals surface area contributed by atoms with E-state index in [1.54, 1.807) is 48.5 Å². The lowest BCUT2D eigenvalue weighted by Crippen LogP contribution is -2.40. The van der Waals surface area contributed by atoms with Gasteiger partial charge in [-0.05, 0) is 48.0 Å². The number of carbonyl (C=O) groups excluding carboxylic acids is 2. The highest BCUT2D eigenvalue weighted by atomic mass is 31.2. The molecule has 0 bridgehead atoms. The molecule has 0 spiro atoms. The number of aliphatic hydroxyl groups is 1. The number of rotatable bonds is 9. The Labute approximate surface area is 239 Å². The fourth-order valence-corrected chi connectivity index (χ4v) is 4.00. The third-order valence-corrected chi connectivity index (χ3v) is 5.71. The summed E-state index contributed by atoms with van der Waals surface area (Å²) in [6, 6.07) is 9.44. The highest BCUT2D eigenvalue weighted by Crippen LogP contribution is 2.38. The van der Waals surface area contributed by atoms with Gasteiger partial charge < -0.3 is 29.1 Å². The first-order valence-electron chi connectivity index (χ1n) is 12.9. The van der Waals surface area contributed by atoms with E-state index in [9.17, 15) is 19.3 Å². The Morgan fingerprint density at radius 1 is 0.927 bits per heavy atom. The van der Waals surface area contributed by atoms with Gasteiger partial charge in [-0.2, -0.15) is 0 Å². The highest BCUT2D eigenvalue weighted by Gasteiger charge is 2.35. The molecule has 0 aliphatic heterocycles. The second-order valence-corrected chi connectivity index (χ2v) is 12.7. The zero-order valence-corrected chi connectivity index (χ0v) is 25.3. The van der Waals surface area contributed by atoms with Crippen molar-refractivity contribution in [2.75, 3.05) is 13.0 Å². The van der Waals surface area contributed by atoms with Crippen LogP contribution in [0.25, 0.3) is 22.4 Å². The molecule has 14 heteroatoms. The van der Waals surface area contributed by atoms with Gasteiger partial charge in [0.05, 0.1) is 12.9 Å². The Morgan fingerprint density at radius 2 is 1.49 bits per heavy atom. The predicted octanol–water partition coefficient (Wildman–Crippen LogP) is 3.76. The topological polar surface area (TPSA) is 183 Å². The van der Waals surface area contributed by atoms with E-state index < -0.39 is 49.4 Å². The molecule has 0 fully saturated rings. The Bertz CT molecular complexity index is 1330. The van der Waals surface area contributed by atoms with Gasteiger partial charge in [0.2, 0.25) is 0 Å². The fraction of sp³-hybridized carbons (Fsp3) is 0.519. The van der Waals surface area contributed by atoms with E-state index in [0.717, 1.165) is 5.56 Å². The van der Waals surface area contributed by atoms with Gasteiger partial charge in [-0.15, -0.1) is 0 Å². The Morgan fingerprint density at radius 3 is 1.95 bits per heavy atom. The van der Waals surface area contributed by atoms with Gasteiger partial charge in [0, 0.05) is 5.56 Å². The van der Waals surface area contributed by atoms with Crippen molar-refractivity contribution in [1.29, 1.82) is 0 Å². The largest absolute Gasteiger partial charge is 0.460 e. The SMILES string of the molecule is CC(C)(C)OC(=O)CC(=O)OC(C)(C)C.CCC(CO)(OCP(=O)(O)O)n1cnc2c(-c3ccccc3)ncnc21. The van der Waals surface area contributed by atoms with E-state index in [4.69, 9.17) is 24.0 Å². The summed E-state index contributed by atoms with van der Waals surface area (Å²) >= 11 is 0. The summed E-state index contributed by atoms with van der Waals surface area (Å²) in [7, 11) is -4.41. The Balaban J connectivity index is 0.000000337. The molecule has 3 aromatic rings. The number of hydrogen-bond donors (Lipinski definition) is 3. The molecule has 41 heavy (non-hydrogen) atoms. The van der Waals surface area contributed by atoms with E-state index in [1.165, 1.54) is 17.2 Å². The van der Waals surface area contributed by atoms with E-state index in [-0.39, 0.29) is 12.8 Å². The summed E-state index contributed by atoms with van der Waals surface area (Å²) in [6.45, 7) is 11.7. The van der Waals surface area contributed by atoms with Crippen LogP contribution >= 0.6 is 7.60 Å². The average molecular weight is 595 g/mol. The normalized spacial score (nSPS) is 13.6. The number of imidazole rings is 1. The smallest absolute Gasteiger partial charge is 0.351 e. The molecule has 226 valence electrons. The van der Waals surface area contributed by atoms with Crippen molar-refractivity contribution >= 4 is 30.7 Å². The van der Waals surface area contributed by atoms with Gasteiger partial charge in [-0.3, -0.25) is 18.7 Å². The van der Waals surface area contributed by atoms with Crippen LogP contribution in [-0.4, -0.2) is 70.5 Å². The molecule has 3 rings (SSSR count). The van der Waals surface area contributed by atoms with Crippen molar-refractivity contribution in [3.05, 3.63) is 43.0 Å². The molecule has 2 heterocycles. The number of nitrogens with zero attached hydrogens (tertiary/aromatic N) is 4. The molecule has 0 amide bonds. The minimum Gasteiger partial charge on any atom is -0.460 e. The van der Waals surface area contributed by atoms with Crippen LogP contribution in [0.5, 0.6) is 0 Å². The van der Waals surface area contributed by atoms with Crippen molar-refractivity contribution in [2.45, 2.75) is 78.2 Å². The second kappa shape index (κ2) is 13.6. The monoisotopic (exact) mass is 594 g/mol. The number of benzene rings is 1. The predicted molar refractivity (Wildman–Crippen MR) is 150 cm³/mol. The second-order valence-electron chi connectivity index (χ2n) is 11.1. The first kappa shape index (κ1) is 34.0. The molecule has 0 aliphatic rings. The molecule has 1 atom stereocenters. The number of aliphatic hydroxyl groups excluding tert-OH is 1. The minimum atomic E-state index is -4.41. The first-order valence-corrected chi connectivity index (χ1v) is 14.7. The van der Waals surface area contributed by atoms with E-state index >= 15 is 0 Å². The van der Waals surface area contributed by atoms with Crippen LogP contribution in [0, 0.1) is 0 Å². The zero-order valence-electron chi connectivity index (χ0n) is 24.4. The lowest BCUT2D eigenvalue weighted by atomic mass is 10.1. The van der Waals surface area contributed by atoms with Crippen LogP contribution in [0.1, 0.15) is 61.3 Å². The number of aromatic nitrogens is 4. The standard InChI is InChI=1S/C16H19N4O5P.C11H20O4/c1-2-16(8-21,25-11-26(22,23)24)20-10-19-14-13(17-9-18-15(14)20)12-6-4-3-5-7-12;1-10(2,3)14-8(12)7-9(13)15-11(4,5)6/h3-7,9-10,21H,2,8,11H2,1H3,(H2,22,23,24);7H2,1-6H3. The summed E-state index contributed by atoms with van der Waals surface area (Å²) in [5, 5.41) is 9.92. The molecular formula is C27H39N4O9P. The van der Waals surface area contributed by atoms with Crippen molar-refractivity contribution < 1.29 is 43.3 Å². The quantitative estimate of drug-likeness (QED) is 0.185. The Hall–Kier alpha value is -3.22. The van der Waals surface area contributed by atoms with E-state index in [1.807, 2.05) is 30.3 Å². The van der Waals surface area contributed by atoms with Crippen LogP contribution in [0.15, 0.2) is 43.0 Å². The highest BCUT2D eigenvalue weighted by molar-refractivity contribution is 7.51. The van der Waals surface area contributed by atoms with Crippen LogP contribution in [0.3, 0.4) is 0 Å². The third kappa shape index (κ3) is 10.6. The van der Waals surface area contributed by atoms with Gasteiger partial charge in [-0.1, -0.05) is 37.3 Å². The fourth-order valence-electron chi connectivity index (χ4n) is 3.59. The third-order valence-electron chi connectivity index (χ3n) is 5.25. The number of esters is 2. The Kier molecular flexibility index (Phi) is 11.3. The molecule has 0 aliphatic carbocycles. The van der Waals surface area contributed by atoms with Crippen LogP contribution in [0.4, 0.5) is 0 Å². The zero-order chi connectivity index (χ0) is 31.1. The maximum Gasteiger partial charge on any atom is 0.351 e. The summed E-state index contributed by atoms with van der Waals surface area (Å²) in [5.41, 5.74) is -0.152. The van der Waals surface area contributed by atoms with Gasteiger partial charge >= 0.3 is 19.5 Å². The number of carbonyl (C=O) groups is 2. The molecule has 0 saturated carbocycles. The average Bonchev–Trinajstić information content (AvgIpc) is 3.28. The van der Waals surface area contributed by atoms with Crippen LogP contribution in [0.2, 0.25) is 0 Å². The number of hydrogen-bond acceptors (Lipinski definition) is 10. The number of fused-ring (bicyclic) bond motifs is 1. The maximum absolute atomic E-state index is 11.2. The minimum absolute atomic E-state index is 0.250. The maximum atomic E-state index is 11.2. The summed E-state index contributed by atoms with van der Waals surface area (Å²) in [5.74, 6) is -1.12. The van der Waals surface area contributed by atoms with Gasteiger partial charge in [0.25, 0.3) is 0 Å². The summed E-state index contributed by atoms with van der Waals surface area (Å²) in [4.78, 5) is 53.6. The molecule has 0 radical (unpaired) electrons. The van der Waals surface area contributed by atoms with Crippen molar-refractivity contribution in [1.82, 2.24) is 19.5 Å². The van der Waals surface area contributed by atoms with Crippen LogP contribution < -0.4 is 0 Å². The first-order chi connectivity index (χ1) is 18.9. The molecule has 3 N–H and O–H groups in total. The van der Waals surface area contributed by atoms with Crippen molar-refractivity contribution in [3.8, 4) is 11.3 Å². The van der Waals surface area contributed by atoms with Gasteiger partial charge in [0.15, 0.2) is 17.7 Å². The molecule has 0 saturated heterocycles. The molecule has 13 nitrogen and oxygen atoms in total. The molecule has 1 aromatic carbocycles. The summed E-state index contributed by atoms with van der Waals surface area (Å²) in [6.07, 6.45) is 1.90. The lowest BCUT2D eigenvalue weighted by molar-refractivity contribution is -0.166. The molecule has 1 unspecified atom stereocenters. The van der Waals surface area contributed by atoms with Crippen molar-refractivity contribution in [3.63, 3.8) is 0 Å².